The highest BCUT2D eigenvalue weighted by Crippen LogP contribution is 2.13. The van der Waals surface area contributed by atoms with Gasteiger partial charge in [-0.2, -0.15) is 0 Å². The molecule has 0 aliphatic carbocycles. The molecule has 0 saturated carbocycles. The van der Waals surface area contributed by atoms with E-state index in [9.17, 15) is 12.8 Å². The van der Waals surface area contributed by atoms with Crippen molar-refractivity contribution in [2.45, 2.75) is 32.1 Å². The van der Waals surface area contributed by atoms with Gasteiger partial charge in [0.15, 0.2) is 15.8 Å². The zero-order chi connectivity index (χ0) is 21.8. The third-order valence-corrected chi connectivity index (χ3v) is 5.84. The van der Waals surface area contributed by atoms with E-state index >= 15 is 0 Å². The van der Waals surface area contributed by atoms with Gasteiger partial charge >= 0.3 is 0 Å². The maximum Gasteiger partial charge on any atom is 0.191 e. The summed E-state index contributed by atoms with van der Waals surface area (Å²) in [6.45, 7) is 5.42. The number of aliphatic imine (C=N–C) groups is 1. The highest BCUT2D eigenvalue weighted by atomic mass is 32.2. The van der Waals surface area contributed by atoms with E-state index in [1.54, 1.807) is 12.1 Å². The summed E-state index contributed by atoms with van der Waals surface area (Å²) in [5, 5.41) is 6.28. The maximum absolute atomic E-state index is 13.0. The van der Waals surface area contributed by atoms with E-state index in [1.165, 1.54) is 12.1 Å². The number of hydrogen-bond donors (Lipinski definition) is 2. The summed E-state index contributed by atoms with van der Waals surface area (Å²) in [5.74, 6) is 1.05. The minimum atomic E-state index is -3.16. The molecule has 0 bridgehead atoms. The van der Waals surface area contributed by atoms with E-state index in [2.05, 4.69) is 15.6 Å². The topological polar surface area (TPSA) is 79.8 Å². The van der Waals surface area contributed by atoms with Crippen molar-refractivity contribution in [2.75, 3.05) is 25.4 Å². The van der Waals surface area contributed by atoms with Gasteiger partial charge in [0, 0.05) is 13.1 Å². The van der Waals surface area contributed by atoms with Crippen molar-refractivity contribution in [1.29, 1.82) is 0 Å². The number of halogens is 1. The van der Waals surface area contributed by atoms with Crippen LogP contribution in [0.1, 0.15) is 25.8 Å². The van der Waals surface area contributed by atoms with Gasteiger partial charge in [0.2, 0.25) is 0 Å². The molecule has 164 valence electrons. The summed E-state index contributed by atoms with van der Waals surface area (Å²) in [5.41, 5.74) is 0.801. The van der Waals surface area contributed by atoms with Gasteiger partial charge in [-0.05, 0) is 50.1 Å². The molecule has 0 amide bonds. The fourth-order valence-electron chi connectivity index (χ4n) is 2.74. The minimum Gasteiger partial charge on any atom is -0.489 e. The molecule has 1 unspecified atom stereocenters. The summed E-state index contributed by atoms with van der Waals surface area (Å²) in [7, 11) is -3.16. The number of hydrogen-bond acceptors (Lipinski definition) is 4. The number of guanidine groups is 1. The molecule has 0 aromatic heterocycles. The third kappa shape index (κ3) is 9.26. The molecule has 0 saturated heterocycles. The second-order valence-corrected chi connectivity index (χ2v) is 9.14. The first-order valence-corrected chi connectivity index (χ1v) is 11.9. The van der Waals surface area contributed by atoms with E-state index in [0.29, 0.717) is 37.8 Å². The van der Waals surface area contributed by atoms with Crippen LogP contribution in [0, 0.1) is 5.82 Å². The summed E-state index contributed by atoms with van der Waals surface area (Å²) in [4.78, 5) is 4.47. The molecule has 2 aromatic carbocycles. The zero-order valence-corrected chi connectivity index (χ0v) is 18.3. The van der Waals surface area contributed by atoms with Crippen molar-refractivity contribution in [1.82, 2.24) is 10.6 Å². The molecule has 0 radical (unpaired) electrons. The Morgan fingerprint density at radius 2 is 1.80 bits per heavy atom. The Balaban J connectivity index is 1.76. The number of nitrogens with one attached hydrogen (secondary N) is 2. The molecule has 2 aromatic rings. The maximum atomic E-state index is 13.0. The lowest BCUT2D eigenvalue weighted by Crippen LogP contribution is -2.39. The number of sulfone groups is 1. The van der Waals surface area contributed by atoms with Crippen molar-refractivity contribution < 1.29 is 17.5 Å². The number of benzene rings is 2. The van der Waals surface area contributed by atoms with Crippen LogP contribution in [0.25, 0.3) is 0 Å². The van der Waals surface area contributed by atoms with Crippen molar-refractivity contribution >= 4 is 15.8 Å². The van der Waals surface area contributed by atoms with Gasteiger partial charge < -0.3 is 15.4 Å². The first kappa shape index (κ1) is 23.7. The molecule has 30 heavy (non-hydrogen) atoms. The highest BCUT2D eigenvalue weighted by molar-refractivity contribution is 7.90. The first-order valence-electron chi connectivity index (χ1n) is 10.1. The lowest BCUT2D eigenvalue weighted by molar-refractivity contribution is 0.230. The van der Waals surface area contributed by atoms with Gasteiger partial charge in [-0.3, -0.25) is 0 Å². The molecule has 0 spiro atoms. The average Bonchev–Trinajstić information content (AvgIpc) is 2.71. The Kier molecular flexibility index (Phi) is 9.60. The van der Waals surface area contributed by atoms with Crippen LogP contribution in [0.4, 0.5) is 4.39 Å². The van der Waals surface area contributed by atoms with E-state index in [-0.39, 0.29) is 23.4 Å². The number of ether oxygens (including phenoxy) is 1. The molecule has 0 heterocycles. The van der Waals surface area contributed by atoms with Gasteiger partial charge in [0.1, 0.15) is 17.7 Å². The molecule has 0 fully saturated rings. The van der Waals surface area contributed by atoms with Crippen LogP contribution < -0.4 is 15.4 Å². The summed E-state index contributed by atoms with van der Waals surface area (Å²) < 4.78 is 43.2. The van der Waals surface area contributed by atoms with Gasteiger partial charge in [-0.15, -0.1) is 0 Å². The van der Waals surface area contributed by atoms with Crippen LogP contribution in [-0.2, 0) is 15.6 Å². The van der Waals surface area contributed by atoms with Crippen LogP contribution in [-0.4, -0.2) is 45.9 Å². The minimum absolute atomic E-state index is 0.0558. The van der Waals surface area contributed by atoms with Crippen molar-refractivity contribution in [3.8, 4) is 5.75 Å². The lowest BCUT2D eigenvalue weighted by Gasteiger charge is -2.15. The third-order valence-electron chi connectivity index (χ3n) is 4.16. The van der Waals surface area contributed by atoms with Gasteiger partial charge in [-0.1, -0.05) is 30.3 Å². The van der Waals surface area contributed by atoms with Crippen LogP contribution in [0.15, 0.2) is 59.6 Å². The van der Waals surface area contributed by atoms with Gasteiger partial charge in [-0.25, -0.2) is 17.8 Å². The quantitative estimate of drug-likeness (QED) is 0.322. The molecule has 1 atom stereocenters. The van der Waals surface area contributed by atoms with Crippen LogP contribution in [0.2, 0.25) is 0 Å². The summed E-state index contributed by atoms with van der Waals surface area (Å²) in [6.07, 6.45) is 0.290. The normalized spacial score (nSPS) is 13.0. The fourth-order valence-corrected chi connectivity index (χ4v) is 4.17. The standard InChI is InChI=1S/C22H30FN3O3S/c1-3-24-22(26-16-18(2)29-21-12-10-20(23)11-13-21)25-14-7-15-30(27,28)17-19-8-5-4-6-9-19/h4-6,8-13,18H,3,7,14-17H2,1-2H3,(H2,24,25,26). The molecule has 2 N–H and O–H groups in total. The van der Waals surface area contributed by atoms with Crippen molar-refractivity contribution in [3.05, 3.63) is 66.0 Å². The van der Waals surface area contributed by atoms with Crippen molar-refractivity contribution in [2.24, 2.45) is 4.99 Å². The predicted molar refractivity (Wildman–Crippen MR) is 119 cm³/mol. The van der Waals surface area contributed by atoms with E-state index in [4.69, 9.17) is 4.74 Å². The monoisotopic (exact) mass is 435 g/mol. The SMILES string of the molecule is CCNC(=NCC(C)Oc1ccc(F)cc1)NCCCS(=O)(=O)Cc1ccccc1. The Morgan fingerprint density at radius 3 is 2.47 bits per heavy atom. The smallest absolute Gasteiger partial charge is 0.191 e. The Labute approximate surface area is 178 Å². The van der Waals surface area contributed by atoms with E-state index in [1.807, 2.05) is 44.2 Å². The van der Waals surface area contributed by atoms with Gasteiger partial charge in [0.05, 0.1) is 18.1 Å². The average molecular weight is 436 g/mol. The number of rotatable bonds is 11. The largest absolute Gasteiger partial charge is 0.489 e. The first-order chi connectivity index (χ1) is 14.4. The molecular formula is C22H30FN3O3S. The van der Waals surface area contributed by atoms with Crippen molar-refractivity contribution in [3.63, 3.8) is 0 Å². The van der Waals surface area contributed by atoms with Crippen LogP contribution in [0.5, 0.6) is 5.75 Å². The van der Waals surface area contributed by atoms with E-state index in [0.717, 1.165) is 5.56 Å². The summed E-state index contributed by atoms with van der Waals surface area (Å²) in [6, 6.07) is 15.0. The molecular weight excluding hydrogens is 405 g/mol. The molecule has 0 aliphatic heterocycles. The van der Waals surface area contributed by atoms with Crippen LogP contribution >= 0.6 is 0 Å². The molecule has 6 nitrogen and oxygen atoms in total. The fraction of sp³-hybridized carbons (Fsp3) is 0.409. The number of nitrogens with zero attached hydrogens (tertiary/aromatic N) is 1. The predicted octanol–water partition coefficient (Wildman–Crippen LogP) is 3.15. The zero-order valence-electron chi connectivity index (χ0n) is 17.5. The lowest BCUT2D eigenvalue weighted by atomic mass is 10.2. The Morgan fingerprint density at radius 1 is 1.10 bits per heavy atom. The molecule has 2 rings (SSSR count). The summed E-state index contributed by atoms with van der Waals surface area (Å²) >= 11 is 0. The van der Waals surface area contributed by atoms with Crippen LogP contribution in [0.3, 0.4) is 0 Å². The second kappa shape index (κ2) is 12.2. The Bertz CT molecular complexity index is 888. The Hall–Kier alpha value is -2.61. The second-order valence-electron chi connectivity index (χ2n) is 6.96. The molecule has 8 heteroatoms. The van der Waals surface area contributed by atoms with E-state index < -0.39 is 9.84 Å². The van der Waals surface area contributed by atoms with Gasteiger partial charge in [0.25, 0.3) is 0 Å². The molecule has 0 aliphatic rings. The highest BCUT2D eigenvalue weighted by Gasteiger charge is 2.12.